The molecule has 4 nitrogen and oxygen atoms in total. The van der Waals surface area contributed by atoms with E-state index in [1.54, 1.807) is 0 Å². The van der Waals surface area contributed by atoms with Gasteiger partial charge in [0.15, 0.2) is 0 Å². The van der Waals surface area contributed by atoms with Gasteiger partial charge in [0, 0.05) is 18.8 Å². The van der Waals surface area contributed by atoms with E-state index in [0.717, 1.165) is 24.5 Å². The molecule has 0 aliphatic carbocycles. The minimum absolute atomic E-state index is 0.156. The highest BCUT2D eigenvalue weighted by molar-refractivity contribution is 5.86. The van der Waals surface area contributed by atoms with E-state index in [9.17, 15) is 4.79 Å². The number of hydrogen-bond donors (Lipinski definition) is 1. The second-order valence-corrected chi connectivity index (χ2v) is 5.90. The molecule has 1 aromatic heterocycles. The Labute approximate surface area is 131 Å². The number of carbonyl (C=O) groups is 1. The molecule has 1 aromatic carbocycles. The highest BCUT2D eigenvalue weighted by Gasteiger charge is 2.31. The highest BCUT2D eigenvalue weighted by atomic mass is 16.2. The van der Waals surface area contributed by atoms with E-state index < -0.39 is 0 Å². The minimum Gasteiger partial charge on any atom is -0.358 e. The van der Waals surface area contributed by atoms with Crippen molar-refractivity contribution in [2.45, 2.75) is 32.9 Å². The number of aromatic nitrogens is 1. The van der Waals surface area contributed by atoms with Gasteiger partial charge in [0.1, 0.15) is 11.9 Å². The summed E-state index contributed by atoms with van der Waals surface area (Å²) in [5.74, 6) is 0.930. The minimum atomic E-state index is -0.167. The summed E-state index contributed by atoms with van der Waals surface area (Å²) in [4.78, 5) is 18.8. The summed E-state index contributed by atoms with van der Waals surface area (Å²) in [7, 11) is 0. The predicted octanol–water partition coefficient (Wildman–Crippen LogP) is 2.91. The van der Waals surface area contributed by atoms with Crippen molar-refractivity contribution in [3.05, 3.63) is 59.3 Å². The Morgan fingerprint density at radius 2 is 1.95 bits per heavy atom. The first-order valence-electron chi connectivity index (χ1n) is 7.66. The SMILES string of the molecule is Cc1ccc(CN2CCC(Nc3cccc(C)n3)C2=O)cc1. The van der Waals surface area contributed by atoms with Crippen molar-refractivity contribution in [3.8, 4) is 0 Å². The van der Waals surface area contributed by atoms with Crippen LogP contribution in [0.25, 0.3) is 0 Å². The zero-order valence-electron chi connectivity index (χ0n) is 13.0. The van der Waals surface area contributed by atoms with Gasteiger partial charge < -0.3 is 10.2 Å². The van der Waals surface area contributed by atoms with Gasteiger partial charge in [-0.15, -0.1) is 0 Å². The molecule has 1 unspecified atom stereocenters. The number of pyridine rings is 1. The van der Waals surface area contributed by atoms with Gasteiger partial charge >= 0.3 is 0 Å². The van der Waals surface area contributed by atoms with Gasteiger partial charge in [-0.05, 0) is 38.0 Å². The lowest BCUT2D eigenvalue weighted by Crippen LogP contribution is -2.33. The molecule has 1 amide bonds. The van der Waals surface area contributed by atoms with Crippen molar-refractivity contribution in [1.82, 2.24) is 9.88 Å². The maximum absolute atomic E-state index is 12.5. The number of aryl methyl sites for hydroxylation is 2. The van der Waals surface area contributed by atoms with E-state index in [0.29, 0.717) is 6.54 Å². The average molecular weight is 295 g/mol. The normalized spacial score (nSPS) is 17.8. The largest absolute Gasteiger partial charge is 0.358 e. The van der Waals surface area contributed by atoms with Crippen molar-refractivity contribution in [2.75, 3.05) is 11.9 Å². The third-order valence-corrected chi connectivity index (χ3v) is 4.00. The first-order chi connectivity index (χ1) is 10.6. The third kappa shape index (κ3) is 3.27. The second kappa shape index (κ2) is 6.18. The highest BCUT2D eigenvalue weighted by Crippen LogP contribution is 2.18. The van der Waals surface area contributed by atoms with Crippen LogP contribution in [0.5, 0.6) is 0 Å². The fourth-order valence-corrected chi connectivity index (χ4v) is 2.75. The van der Waals surface area contributed by atoms with E-state index in [-0.39, 0.29) is 11.9 Å². The van der Waals surface area contributed by atoms with Crippen molar-refractivity contribution >= 4 is 11.7 Å². The molecule has 0 radical (unpaired) electrons. The molecule has 1 atom stereocenters. The Morgan fingerprint density at radius 1 is 1.18 bits per heavy atom. The van der Waals surface area contributed by atoms with Crippen LogP contribution in [0.2, 0.25) is 0 Å². The lowest BCUT2D eigenvalue weighted by atomic mass is 10.1. The van der Waals surface area contributed by atoms with Crippen LogP contribution in [-0.4, -0.2) is 28.4 Å². The number of rotatable bonds is 4. The van der Waals surface area contributed by atoms with Crippen LogP contribution in [0, 0.1) is 13.8 Å². The molecule has 3 rings (SSSR count). The number of benzene rings is 1. The molecule has 0 bridgehead atoms. The van der Waals surface area contributed by atoms with Crippen LogP contribution in [0.1, 0.15) is 23.2 Å². The second-order valence-electron chi connectivity index (χ2n) is 5.90. The Balaban J connectivity index is 1.63. The van der Waals surface area contributed by atoms with Crippen LogP contribution >= 0.6 is 0 Å². The van der Waals surface area contributed by atoms with Gasteiger partial charge in [-0.2, -0.15) is 0 Å². The third-order valence-electron chi connectivity index (χ3n) is 4.00. The molecule has 114 valence electrons. The van der Waals surface area contributed by atoms with Gasteiger partial charge in [0.05, 0.1) is 0 Å². The van der Waals surface area contributed by atoms with E-state index >= 15 is 0 Å². The lowest BCUT2D eigenvalue weighted by Gasteiger charge is -2.17. The molecule has 1 aliphatic rings. The molecule has 1 saturated heterocycles. The quantitative estimate of drug-likeness (QED) is 0.943. The smallest absolute Gasteiger partial charge is 0.245 e. The summed E-state index contributed by atoms with van der Waals surface area (Å²) in [6.07, 6.45) is 0.820. The Kier molecular flexibility index (Phi) is 4.09. The maximum atomic E-state index is 12.5. The topological polar surface area (TPSA) is 45.2 Å². The molecular formula is C18H21N3O. The number of nitrogens with zero attached hydrogens (tertiary/aromatic N) is 2. The first-order valence-corrected chi connectivity index (χ1v) is 7.66. The van der Waals surface area contributed by atoms with E-state index in [2.05, 4.69) is 41.5 Å². The standard InChI is InChI=1S/C18H21N3O/c1-13-6-8-15(9-7-13)12-21-11-10-16(18(21)22)20-17-5-3-4-14(2)19-17/h3-9,16H,10-12H2,1-2H3,(H,19,20). The van der Waals surface area contributed by atoms with Gasteiger partial charge in [-0.25, -0.2) is 4.98 Å². The van der Waals surface area contributed by atoms with E-state index in [1.165, 1.54) is 11.1 Å². The van der Waals surface area contributed by atoms with Crippen LogP contribution in [0.3, 0.4) is 0 Å². The van der Waals surface area contributed by atoms with Crippen molar-refractivity contribution < 1.29 is 4.79 Å². The van der Waals surface area contributed by atoms with Crippen molar-refractivity contribution in [1.29, 1.82) is 0 Å². The number of amides is 1. The lowest BCUT2D eigenvalue weighted by molar-refractivity contribution is -0.128. The maximum Gasteiger partial charge on any atom is 0.245 e. The van der Waals surface area contributed by atoms with E-state index in [4.69, 9.17) is 0 Å². The first kappa shape index (κ1) is 14.6. The fraction of sp³-hybridized carbons (Fsp3) is 0.333. The Hall–Kier alpha value is -2.36. The Morgan fingerprint density at radius 3 is 2.68 bits per heavy atom. The number of likely N-dealkylation sites (tertiary alicyclic amines) is 1. The molecule has 1 N–H and O–H groups in total. The summed E-state index contributed by atoms with van der Waals surface area (Å²) in [5, 5.41) is 3.25. The molecule has 4 heteroatoms. The van der Waals surface area contributed by atoms with Crippen molar-refractivity contribution in [2.24, 2.45) is 0 Å². The monoisotopic (exact) mass is 295 g/mol. The molecule has 1 fully saturated rings. The van der Waals surface area contributed by atoms with Crippen LogP contribution in [-0.2, 0) is 11.3 Å². The molecule has 0 spiro atoms. The summed E-state index contributed by atoms with van der Waals surface area (Å²) in [6.45, 7) is 5.49. The zero-order chi connectivity index (χ0) is 15.5. The summed E-state index contributed by atoms with van der Waals surface area (Å²) in [5.41, 5.74) is 3.36. The van der Waals surface area contributed by atoms with Crippen molar-refractivity contribution in [3.63, 3.8) is 0 Å². The molecule has 2 aromatic rings. The van der Waals surface area contributed by atoms with Crippen LogP contribution < -0.4 is 5.32 Å². The molecule has 1 aliphatic heterocycles. The fourth-order valence-electron chi connectivity index (χ4n) is 2.75. The molecule has 2 heterocycles. The van der Waals surface area contributed by atoms with Gasteiger partial charge in [-0.3, -0.25) is 4.79 Å². The summed E-state index contributed by atoms with van der Waals surface area (Å²) >= 11 is 0. The zero-order valence-corrected chi connectivity index (χ0v) is 13.0. The average Bonchev–Trinajstić information content (AvgIpc) is 2.83. The van der Waals surface area contributed by atoms with Crippen LogP contribution in [0.15, 0.2) is 42.5 Å². The molecule has 0 saturated carbocycles. The van der Waals surface area contributed by atoms with Gasteiger partial charge in [-0.1, -0.05) is 35.9 Å². The molecule has 22 heavy (non-hydrogen) atoms. The molecular weight excluding hydrogens is 274 g/mol. The number of hydrogen-bond acceptors (Lipinski definition) is 3. The van der Waals surface area contributed by atoms with Gasteiger partial charge in [0.25, 0.3) is 0 Å². The predicted molar refractivity (Wildman–Crippen MR) is 87.6 cm³/mol. The Bertz CT molecular complexity index is 666. The van der Waals surface area contributed by atoms with E-state index in [1.807, 2.05) is 30.0 Å². The van der Waals surface area contributed by atoms with Crippen LogP contribution in [0.4, 0.5) is 5.82 Å². The van der Waals surface area contributed by atoms with Gasteiger partial charge in [0.2, 0.25) is 5.91 Å². The number of anilines is 1. The number of nitrogens with one attached hydrogen (secondary N) is 1. The summed E-state index contributed by atoms with van der Waals surface area (Å²) < 4.78 is 0. The number of carbonyl (C=O) groups excluding carboxylic acids is 1. The summed E-state index contributed by atoms with van der Waals surface area (Å²) in [6, 6.07) is 14.0.